The summed E-state index contributed by atoms with van der Waals surface area (Å²) < 4.78 is 102. The van der Waals surface area contributed by atoms with Crippen molar-refractivity contribution in [2.24, 2.45) is 0 Å². The van der Waals surface area contributed by atoms with Crippen molar-refractivity contribution in [3.63, 3.8) is 0 Å². The van der Waals surface area contributed by atoms with Gasteiger partial charge >= 0.3 is 21.7 Å². The largest absolute Gasteiger partial charge is 0.472 e. The Hall–Kier alpha value is -3.67. The Bertz CT molecular complexity index is 2790. The third kappa shape index (κ3) is 12.4. The smallest absolute Gasteiger partial charge is 0.450 e. The first-order valence-corrected chi connectivity index (χ1v) is 33.6. The average Bonchev–Trinajstić information content (AvgIpc) is 4.01. The number of Topliss-reactive ketones (excluding diaryl/α,β-unsaturated/α-hetero) is 1. The number of alkyl halides is 1. The van der Waals surface area contributed by atoms with Gasteiger partial charge in [0, 0.05) is 26.1 Å². The zero-order valence-electron chi connectivity index (χ0n) is 41.6. The van der Waals surface area contributed by atoms with Crippen molar-refractivity contribution in [2.45, 2.75) is 152 Å². The Labute approximate surface area is 416 Å². The Morgan fingerprint density at radius 1 is 0.875 bits per heavy atom. The molecule has 4 aromatic heterocycles. The van der Waals surface area contributed by atoms with E-state index in [2.05, 4.69) is 44.9 Å². The van der Waals surface area contributed by atoms with Gasteiger partial charge in [0.15, 0.2) is 43.9 Å². The van der Waals surface area contributed by atoms with Crippen LogP contribution < -0.4 is 10.9 Å². The summed E-state index contributed by atoms with van der Waals surface area (Å²) in [5.41, 5.74) is 1.37. The topological polar surface area (TPSA) is 287 Å². The molecule has 398 valence electrons. The van der Waals surface area contributed by atoms with Gasteiger partial charge in [0.1, 0.15) is 48.8 Å². The van der Waals surface area contributed by atoms with E-state index in [0.717, 1.165) is 35.5 Å². The molecule has 8 rings (SSSR count). The summed E-state index contributed by atoms with van der Waals surface area (Å²) in [6, 6.07) is 0.805. The number of rotatable bonds is 15. The molecule has 4 aromatic rings. The minimum Gasteiger partial charge on any atom is -0.450 e. The number of carbonyl (C=O) groups excluding carboxylic acids is 2. The summed E-state index contributed by atoms with van der Waals surface area (Å²) >= 11 is 0. The quantitative estimate of drug-likeness (QED) is 0.0752. The molecule has 3 fully saturated rings. The van der Waals surface area contributed by atoms with Gasteiger partial charge in [-0.15, -0.1) is 0 Å². The third-order valence-corrected chi connectivity index (χ3v) is 21.7. The Balaban J connectivity index is 0.995. The van der Waals surface area contributed by atoms with Crippen molar-refractivity contribution in [1.82, 2.24) is 39.0 Å². The number of phosphoric acid groups is 2. The molecule has 10 atom stereocenters. The minimum atomic E-state index is -5.22. The number of hydrogen-bond donors (Lipinski definition) is 3. The van der Waals surface area contributed by atoms with E-state index in [-0.39, 0.29) is 56.3 Å². The Morgan fingerprint density at radius 3 is 2.29 bits per heavy atom. The normalized spacial score (nSPS) is 29.5. The number of imidazole rings is 1. The Morgan fingerprint density at radius 2 is 1.57 bits per heavy atom. The molecule has 24 nitrogen and oxygen atoms in total. The van der Waals surface area contributed by atoms with Crippen LogP contribution in [0.2, 0.25) is 43.8 Å². The highest BCUT2D eigenvalue weighted by molar-refractivity contribution is 7.47. The lowest BCUT2D eigenvalue weighted by Gasteiger charge is -2.40. The van der Waals surface area contributed by atoms with Crippen molar-refractivity contribution >= 4 is 66.1 Å². The number of aryl methyl sites for hydroxylation is 2. The zero-order valence-corrected chi connectivity index (χ0v) is 45.4. The van der Waals surface area contributed by atoms with E-state index in [9.17, 15) is 33.3 Å². The van der Waals surface area contributed by atoms with Gasteiger partial charge in [0.05, 0.1) is 58.1 Å². The molecule has 72 heavy (non-hydrogen) atoms. The van der Waals surface area contributed by atoms with Gasteiger partial charge < -0.3 is 43.0 Å². The van der Waals surface area contributed by atoms with Crippen molar-refractivity contribution in [2.75, 3.05) is 39.6 Å². The summed E-state index contributed by atoms with van der Waals surface area (Å²) in [6.45, 7) is 14.8. The van der Waals surface area contributed by atoms with Crippen LogP contribution in [0.3, 0.4) is 0 Å². The van der Waals surface area contributed by atoms with Crippen LogP contribution >= 0.6 is 15.6 Å². The van der Waals surface area contributed by atoms with Gasteiger partial charge in [-0.3, -0.25) is 36.8 Å². The number of amides is 1. The fourth-order valence-electron chi connectivity index (χ4n) is 8.63. The van der Waals surface area contributed by atoms with E-state index < -0.39 is 111 Å². The first kappa shape index (κ1) is 54.6. The lowest BCUT2D eigenvalue weighted by molar-refractivity contribution is -0.119. The molecule has 1 aliphatic carbocycles. The molecule has 0 radical (unpaired) electrons. The lowest BCUT2D eigenvalue weighted by Crippen LogP contribution is -2.50. The third-order valence-electron chi connectivity index (χ3n) is 13.6. The lowest BCUT2D eigenvalue weighted by atomic mass is 10.1. The van der Waals surface area contributed by atoms with E-state index in [1.807, 2.05) is 33.9 Å². The van der Waals surface area contributed by atoms with Gasteiger partial charge in [-0.2, -0.15) is 0 Å². The fourth-order valence-corrected chi connectivity index (χ4v) is 12.6. The van der Waals surface area contributed by atoms with Crippen LogP contribution in [0.25, 0.3) is 22.2 Å². The number of nitrogens with zero attached hydrogens (tertiary/aromatic N) is 7. The van der Waals surface area contributed by atoms with Gasteiger partial charge in [-0.1, -0.05) is 40.4 Å². The molecular formula is C43H65FN8O16P2Si2. The van der Waals surface area contributed by atoms with Gasteiger partial charge in [0.2, 0.25) is 0 Å². The molecule has 1 amide bonds. The predicted molar refractivity (Wildman–Crippen MR) is 260 cm³/mol. The molecule has 0 spiro atoms. The Kier molecular flexibility index (Phi) is 16.3. The van der Waals surface area contributed by atoms with Crippen molar-refractivity contribution in [1.29, 1.82) is 0 Å². The van der Waals surface area contributed by atoms with Crippen LogP contribution in [0, 0.1) is 0 Å². The summed E-state index contributed by atoms with van der Waals surface area (Å²) in [7, 11) is -14.7. The molecule has 0 saturated carbocycles. The van der Waals surface area contributed by atoms with Crippen molar-refractivity contribution < 1.29 is 74.4 Å². The van der Waals surface area contributed by atoms with Crippen LogP contribution in [-0.2, 0) is 74.8 Å². The molecule has 3 N–H and O–H groups in total. The number of halogens is 1. The highest BCUT2D eigenvalue weighted by Gasteiger charge is 2.57. The van der Waals surface area contributed by atoms with E-state index in [1.165, 1.54) is 32.7 Å². The number of carbonyl (C=O) groups is 2. The van der Waals surface area contributed by atoms with Crippen LogP contribution in [0.5, 0.6) is 0 Å². The summed E-state index contributed by atoms with van der Waals surface area (Å²) in [5, 5.41) is 2.77. The molecule has 3 aliphatic heterocycles. The molecule has 0 aromatic carbocycles. The number of fused-ring (bicyclic) bond motifs is 4. The monoisotopic (exact) mass is 1090 g/mol. The summed E-state index contributed by atoms with van der Waals surface area (Å²) in [6.07, 6.45) is -4.48. The van der Waals surface area contributed by atoms with Gasteiger partial charge in [0.25, 0.3) is 5.56 Å². The van der Waals surface area contributed by atoms with Crippen LogP contribution in [0.15, 0.2) is 30.0 Å². The molecule has 2 bridgehead atoms. The van der Waals surface area contributed by atoms with Gasteiger partial charge in [-0.25, -0.2) is 38.3 Å². The van der Waals surface area contributed by atoms with E-state index in [1.54, 1.807) is 6.20 Å². The number of ether oxygens (including phenoxy) is 4. The SMILES string of the molecule is CC(C)(C)[Si](C)(C)O[C@H]1[C@H]2OP(=O)(O)OC[C@H]3O[C@@H](n4cc5c6c(ncnc64)CCCC5)[C@H](F)[C@@H]3OP(=O)(O)OC[C@H]1O[C@H]2n1cnc2c(=O)n(CCOCCC(=O)CNC(=O)OCC[Si](C)(C)C)cnc21. The standard InChI is InChI=1S/C43H65FN8O16P2Si2/c1-43(2,3)72(7,8)68-35-30-22-63-69(56,57)66-34-29(64-40(32(34)44)51-20-26-11-9-10-12-28-31(26)37(51)47-23-46-28)21-62-70(58,59)67-36(35)41(65-30)52-25-48-33-38(52)49-24-50(39(33)54)14-16-60-15-13-27(53)19-45-42(55)61-17-18-71(4,5)6/h20,23-25,29-30,32,34-36,40-41H,9-19,21-22H2,1-8H3,(H,45,55)(H,56,57)(H,58,59)/t29-,30-,32-,34-,35-,36-,40-,41-/m1/s1. The van der Waals surface area contributed by atoms with E-state index in [4.69, 9.17) is 41.5 Å². The average molecular weight is 1090 g/mol. The van der Waals surface area contributed by atoms with E-state index >= 15 is 4.39 Å². The second-order valence-electron chi connectivity index (χ2n) is 21.1. The molecule has 7 heterocycles. The van der Waals surface area contributed by atoms with Crippen molar-refractivity contribution in [3.05, 3.63) is 46.8 Å². The number of ketones is 1. The molecule has 3 saturated heterocycles. The summed E-state index contributed by atoms with van der Waals surface area (Å²) in [5.74, 6) is -0.271. The molecular weight excluding hydrogens is 1020 g/mol. The number of phosphoric ester groups is 2. The van der Waals surface area contributed by atoms with Crippen LogP contribution in [0.1, 0.15) is 63.7 Å². The second-order valence-corrected chi connectivity index (χ2v) is 34.3. The molecule has 2 unspecified atom stereocenters. The molecule has 29 heteroatoms. The summed E-state index contributed by atoms with van der Waals surface area (Å²) in [4.78, 5) is 78.5. The first-order chi connectivity index (χ1) is 33.8. The van der Waals surface area contributed by atoms with E-state index in [0.29, 0.717) is 18.5 Å². The maximum atomic E-state index is 16.8. The second kappa shape index (κ2) is 21.5. The predicted octanol–water partition coefficient (Wildman–Crippen LogP) is 5.50. The van der Waals surface area contributed by atoms with Crippen LogP contribution in [-0.4, -0.2) is 148 Å². The number of aromatic nitrogens is 7. The number of hydrogen-bond acceptors (Lipinski definition) is 18. The maximum Gasteiger partial charge on any atom is 0.472 e. The fraction of sp³-hybridized carbons (Fsp3) is 0.698. The molecule has 4 aliphatic rings. The minimum absolute atomic E-state index is 0.00812. The van der Waals surface area contributed by atoms with Crippen LogP contribution in [0.4, 0.5) is 9.18 Å². The highest BCUT2D eigenvalue weighted by Crippen LogP contribution is 2.55. The number of nitrogens with one attached hydrogen (secondary N) is 1. The van der Waals surface area contributed by atoms with Crippen molar-refractivity contribution in [3.8, 4) is 0 Å². The number of alkyl carbamates (subject to hydrolysis) is 1. The highest BCUT2D eigenvalue weighted by atomic mass is 31.2. The maximum absolute atomic E-state index is 16.8. The first-order valence-electron chi connectivity index (χ1n) is 24.0. The van der Waals surface area contributed by atoms with Gasteiger partial charge in [-0.05, 0) is 55.4 Å². The zero-order chi connectivity index (χ0) is 52.0.